The predicted octanol–water partition coefficient (Wildman–Crippen LogP) is 1.75. The summed E-state index contributed by atoms with van der Waals surface area (Å²) in [7, 11) is 0. The molecule has 0 aliphatic rings. The molecule has 0 radical (unpaired) electrons. The second kappa shape index (κ2) is 14.9. The summed E-state index contributed by atoms with van der Waals surface area (Å²) in [6, 6.07) is 0. The molecule has 110 valence electrons. The van der Waals surface area contributed by atoms with Gasteiger partial charge in [0.2, 0.25) is 0 Å². The normalized spacial score (nSPS) is 11.3. The van der Waals surface area contributed by atoms with Crippen LogP contribution in [0, 0.1) is 0 Å². The van der Waals surface area contributed by atoms with Crippen molar-refractivity contribution in [3.63, 3.8) is 0 Å². The Kier molecular flexibility index (Phi) is 14.8. The van der Waals surface area contributed by atoms with E-state index in [1.54, 1.807) is 0 Å². The summed E-state index contributed by atoms with van der Waals surface area (Å²) in [6.07, 6.45) is 2.48. The van der Waals surface area contributed by atoms with Gasteiger partial charge < -0.3 is 14.8 Å². The van der Waals surface area contributed by atoms with Crippen LogP contribution in [0.2, 0.25) is 0 Å². The van der Waals surface area contributed by atoms with Crippen molar-refractivity contribution in [2.45, 2.75) is 33.6 Å². The van der Waals surface area contributed by atoms with E-state index in [2.05, 4.69) is 17.1 Å². The second-order valence-corrected chi connectivity index (χ2v) is 4.30. The first kappa shape index (κ1) is 17.8. The number of hydrogen-bond acceptors (Lipinski definition) is 4. The van der Waals surface area contributed by atoms with Crippen molar-refractivity contribution in [1.82, 2.24) is 10.2 Å². The average molecular weight is 260 g/mol. The van der Waals surface area contributed by atoms with E-state index in [0.717, 1.165) is 59.2 Å². The number of nitrogens with one attached hydrogen (secondary N) is 1. The molecule has 0 aliphatic carbocycles. The highest BCUT2D eigenvalue weighted by Crippen LogP contribution is 1.96. The molecule has 0 bridgehead atoms. The van der Waals surface area contributed by atoms with E-state index in [4.69, 9.17) is 9.47 Å². The van der Waals surface area contributed by atoms with Crippen LogP contribution in [0.15, 0.2) is 0 Å². The van der Waals surface area contributed by atoms with Crippen LogP contribution in [-0.2, 0) is 9.47 Å². The first-order valence-electron chi connectivity index (χ1n) is 7.43. The van der Waals surface area contributed by atoms with Gasteiger partial charge >= 0.3 is 0 Å². The zero-order chi connectivity index (χ0) is 13.5. The van der Waals surface area contributed by atoms with E-state index in [9.17, 15) is 0 Å². The van der Waals surface area contributed by atoms with Crippen LogP contribution in [0.3, 0.4) is 0 Å². The van der Waals surface area contributed by atoms with E-state index < -0.39 is 0 Å². The average Bonchev–Trinajstić information content (AvgIpc) is 2.38. The molecule has 4 heteroatoms. The lowest BCUT2D eigenvalue weighted by Crippen LogP contribution is -2.32. The Hall–Kier alpha value is -0.160. The number of unbranched alkanes of at least 4 members (excludes halogenated alkanes) is 1. The van der Waals surface area contributed by atoms with E-state index in [1.165, 1.54) is 12.8 Å². The van der Waals surface area contributed by atoms with E-state index in [1.807, 2.05) is 13.8 Å². The van der Waals surface area contributed by atoms with Crippen molar-refractivity contribution in [2.24, 2.45) is 0 Å². The molecule has 0 spiro atoms. The van der Waals surface area contributed by atoms with Crippen LogP contribution in [0.25, 0.3) is 0 Å². The Bertz CT molecular complexity index is 147. The van der Waals surface area contributed by atoms with Gasteiger partial charge in [0.25, 0.3) is 0 Å². The lowest BCUT2D eigenvalue weighted by Gasteiger charge is -2.22. The van der Waals surface area contributed by atoms with Crippen LogP contribution < -0.4 is 5.32 Å². The molecule has 0 saturated heterocycles. The third-order valence-corrected chi connectivity index (χ3v) is 2.84. The lowest BCUT2D eigenvalue weighted by atomic mass is 10.3. The number of ether oxygens (including phenoxy) is 2. The van der Waals surface area contributed by atoms with Gasteiger partial charge in [-0.25, -0.2) is 0 Å². The maximum Gasteiger partial charge on any atom is 0.0593 e. The number of nitrogens with zero attached hydrogens (tertiary/aromatic N) is 1. The minimum absolute atomic E-state index is 0.805. The Balaban J connectivity index is 3.60. The van der Waals surface area contributed by atoms with Crippen molar-refractivity contribution in [2.75, 3.05) is 59.2 Å². The summed E-state index contributed by atoms with van der Waals surface area (Å²) in [6.45, 7) is 14.9. The zero-order valence-corrected chi connectivity index (χ0v) is 12.5. The Morgan fingerprint density at radius 3 is 1.94 bits per heavy atom. The Labute approximate surface area is 113 Å². The largest absolute Gasteiger partial charge is 0.380 e. The second-order valence-electron chi connectivity index (χ2n) is 4.30. The van der Waals surface area contributed by atoms with Crippen molar-refractivity contribution >= 4 is 0 Å². The van der Waals surface area contributed by atoms with Crippen LogP contribution in [0.1, 0.15) is 33.6 Å². The minimum atomic E-state index is 0.805. The molecule has 0 fully saturated rings. The molecule has 0 heterocycles. The molecule has 0 aromatic rings. The highest BCUT2D eigenvalue weighted by atomic mass is 16.5. The summed E-state index contributed by atoms with van der Waals surface area (Å²) in [4.78, 5) is 2.44. The molecule has 0 aromatic heterocycles. The van der Waals surface area contributed by atoms with Gasteiger partial charge in [-0.05, 0) is 46.3 Å². The zero-order valence-electron chi connectivity index (χ0n) is 12.5. The smallest absolute Gasteiger partial charge is 0.0593 e. The summed E-state index contributed by atoms with van der Waals surface area (Å²) in [5.74, 6) is 0. The van der Waals surface area contributed by atoms with Crippen molar-refractivity contribution in [3.05, 3.63) is 0 Å². The van der Waals surface area contributed by atoms with Gasteiger partial charge in [-0.15, -0.1) is 0 Å². The molecule has 0 saturated carbocycles. The van der Waals surface area contributed by atoms with Gasteiger partial charge in [-0.1, -0.05) is 6.92 Å². The monoisotopic (exact) mass is 260 g/mol. The van der Waals surface area contributed by atoms with Crippen molar-refractivity contribution in [3.8, 4) is 0 Å². The van der Waals surface area contributed by atoms with Crippen molar-refractivity contribution in [1.29, 1.82) is 0 Å². The Morgan fingerprint density at radius 2 is 1.44 bits per heavy atom. The van der Waals surface area contributed by atoms with Gasteiger partial charge in [0.05, 0.1) is 13.2 Å². The molecule has 0 aliphatic heterocycles. The molecule has 1 N–H and O–H groups in total. The van der Waals surface area contributed by atoms with Crippen molar-refractivity contribution < 1.29 is 9.47 Å². The number of hydrogen-bond donors (Lipinski definition) is 1. The van der Waals surface area contributed by atoms with Crippen LogP contribution >= 0.6 is 0 Å². The molecule has 0 atom stereocenters. The standard InChI is InChI=1S/C14H32N2O2/c1-4-15-9-7-8-10-16(11-13-17-5-2)12-14-18-6-3/h15H,4-14H2,1-3H3. The minimum Gasteiger partial charge on any atom is -0.380 e. The molecule has 0 unspecified atom stereocenters. The van der Waals surface area contributed by atoms with Crippen LogP contribution in [0.5, 0.6) is 0 Å². The van der Waals surface area contributed by atoms with Gasteiger partial charge in [-0.3, -0.25) is 4.90 Å². The molecular weight excluding hydrogens is 228 g/mol. The highest BCUT2D eigenvalue weighted by molar-refractivity contribution is 4.58. The highest BCUT2D eigenvalue weighted by Gasteiger charge is 2.04. The van der Waals surface area contributed by atoms with Gasteiger partial charge in [0, 0.05) is 26.3 Å². The molecule has 18 heavy (non-hydrogen) atoms. The van der Waals surface area contributed by atoms with Gasteiger partial charge in [-0.2, -0.15) is 0 Å². The summed E-state index contributed by atoms with van der Waals surface area (Å²) < 4.78 is 10.8. The maximum absolute atomic E-state index is 5.42. The molecule has 0 amide bonds. The topological polar surface area (TPSA) is 33.7 Å². The van der Waals surface area contributed by atoms with Crippen LogP contribution in [0.4, 0.5) is 0 Å². The van der Waals surface area contributed by atoms with Gasteiger partial charge in [0.15, 0.2) is 0 Å². The lowest BCUT2D eigenvalue weighted by molar-refractivity contribution is 0.0821. The number of rotatable bonds is 14. The van der Waals surface area contributed by atoms with E-state index in [0.29, 0.717) is 0 Å². The van der Waals surface area contributed by atoms with E-state index in [-0.39, 0.29) is 0 Å². The molecule has 4 nitrogen and oxygen atoms in total. The third kappa shape index (κ3) is 12.3. The third-order valence-electron chi connectivity index (χ3n) is 2.84. The first-order valence-corrected chi connectivity index (χ1v) is 7.43. The maximum atomic E-state index is 5.42. The SMILES string of the molecule is CCNCCCCN(CCOCC)CCOCC. The predicted molar refractivity (Wildman–Crippen MR) is 77.2 cm³/mol. The Morgan fingerprint density at radius 1 is 0.833 bits per heavy atom. The van der Waals surface area contributed by atoms with Crippen LogP contribution in [-0.4, -0.2) is 64.1 Å². The molecule has 0 aromatic carbocycles. The fraction of sp³-hybridized carbons (Fsp3) is 1.00. The van der Waals surface area contributed by atoms with E-state index >= 15 is 0 Å². The molecule has 0 rings (SSSR count). The fourth-order valence-electron chi connectivity index (χ4n) is 1.77. The summed E-state index contributed by atoms with van der Waals surface area (Å²) in [5.41, 5.74) is 0. The summed E-state index contributed by atoms with van der Waals surface area (Å²) >= 11 is 0. The first-order chi connectivity index (χ1) is 8.85. The van der Waals surface area contributed by atoms with Gasteiger partial charge in [0.1, 0.15) is 0 Å². The summed E-state index contributed by atoms with van der Waals surface area (Å²) in [5, 5.41) is 3.36. The quantitative estimate of drug-likeness (QED) is 0.483. The fourth-order valence-corrected chi connectivity index (χ4v) is 1.77. The molecular formula is C14H32N2O2.